The molecule has 0 spiro atoms. The Kier molecular flexibility index (Phi) is 4.45. The van der Waals surface area contributed by atoms with E-state index in [4.69, 9.17) is 5.10 Å². The number of hydrogen-bond acceptors (Lipinski definition) is 3. The van der Waals surface area contributed by atoms with E-state index in [9.17, 15) is 9.59 Å². The number of carbonyl (C=O) groups excluding carboxylic acids is 2. The molecule has 27 heavy (non-hydrogen) atoms. The smallest absolute Gasteiger partial charge is 0.154 e. The van der Waals surface area contributed by atoms with E-state index >= 15 is 0 Å². The molecule has 4 nitrogen and oxygen atoms in total. The summed E-state index contributed by atoms with van der Waals surface area (Å²) in [5.74, 6) is 0. The zero-order valence-electron chi connectivity index (χ0n) is 14.4. The van der Waals surface area contributed by atoms with Crippen LogP contribution in [-0.4, -0.2) is 22.4 Å². The maximum Gasteiger partial charge on any atom is 0.154 e. The van der Waals surface area contributed by atoms with Gasteiger partial charge in [0.05, 0.1) is 16.9 Å². The van der Waals surface area contributed by atoms with Crippen molar-refractivity contribution in [3.05, 3.63) is 96.1 Å². The lowest BCUT2D eigenvalue weighted by Crippen LogP contribution is -2.00. The largest absolute Gasteiger partial charge is 0.298 e. The molecule has 1 heterocycles. The first-order chi connectivity index (χ1) is 13.3. The summed E-state index contributed by atoms with van der Waals surface area (Å²) in [5, 5.41) is 4.76. The molecular formula is C23H16N2O2. The van der Waals surface area contributed by atoms with Crippen molar-refractivity contribution in [3.63, 3.8) is 0 Å². The quantitative estimate of drug-likeness (QED) is 0.483. The predicted octanol–water partition coefficient (Wildman–Crippen LogP) is 4.83. The molecule has 0 amide bonds. The van der Waals surface area contributed by atoms with Crippen molar-refractivity contribution in [2.45, 2.75) is 0 Å². The van der Waals surface area contributed by atoms with Crippen LogP contribution in [0.1, 0.15) is 20.7 Å². The average Bonchev–Trinajstić information content (AvgIpc) is 3.14. The zero-order valence-corrected chi connectivity index (χ0v) is 14.4. The number of rotatable bonds is 5. The molecule has 0 aliphatic carbocycles. The van der Waals surface area contributed by atoms with Crippen molar-refractivity contribution in [2.24, 2.45) is 0 Å². The van der Waals surface area contributed by atoms with Gasteiger partial charge in [-0.05, 0) is 12.1 Å². The van der Waals surface area contributed by atoms with Gasteiger partial charge < -0.3 is 0 Å². The number of para-hydroxylation sites is 1. The number of aldehydes is 2. The molecule has 0 saturated heterocycles. The van der Waals surface area contributed by atoms with Gasteiger partial charge in [0.25, 0.3) is 0 Å². The number of aromatic nitrogens is 2. The Balaban J connectivity index is 2.00. The fourth-order valence-corrected chi connectivity index (χ4v) is 3.10. The minimum atomic E-state index is 0.518. The fourth-order valence-electron chi connectivity index (χ4n) is 3.10. The Labute approximate surface area is 156 Å². The Morgan fingerprint density at radius 1 is 0.667 bits per heavy atom. The van der Waals surface area contributed by atoms with Crippen LogP contribution in [0.2, 0.25) is 0 Å². The lowest BCUT2D eigenvalue weighted by molar-refractivity contribution is 0.111. The van der Waals surface area contributed by atoms with Crippen molar-refractivity contribution in [1.29, 1.82) is 0 Å². The minimum Gasteiger partial charge on any atom is -0.298 e. The van der Waals surface area contributed by atoms with E-state index in [1.54, 1.807) is 16.8 Å². The molecule has 130 valence electrons. The molecule has 0 saturated carbocycles. The van der Waals surface area contributed by atoms with Gasteiger partial charge in [-0.1, -0.05) is 72.8 Å². The van der Waals surface area contributed by atoms with Crippen LogP contribution in [0.15, 0.2) is 84.9 Å². The standard InChI is InChI=1S/C23H16N2O2/c26-15-17-11-13-19(14-12-17)23-21(16-27)22(18-7-3-1-4-8-18)24-25(23)20-9-5-2-6-10-20/h1-16H. The summed E-state index contributed by atoms with van der Waals surface area (Å²) in [6, 6.07) is 26.5. The Hall–Kier alpha value is -3.79. The highest BCUT2D eigenvalue weighted by molar-refractivity contribution is 5.95. The number of carbonyl (C=O) groups is 2. The van der Waals surface area contributed by atoms with Crippen LogP contribution >= 0.6 is 0 Å². The highest BCUT2D eigenvalue weighted by atomic mass is 16.1. The third kappa shape index (κ3) is 3.09. The van der Waals surface area contributed by atoms with E-state index in [0.29, 0.717) is 22.5 Å². The van der Waals surface area contributed by atoms with Gasteiger partial charge in [0.1, 0.15) is 12.0 Å². The van der Waals surface area contributed by atoms with Gasteiger partial charge in [-0.3, -0.25) is 9.59 Å². The zero-order chi connectivity index (χ0) is 18.6. The van der Waals surface area contributed by atoms with Crippen LogP contribution in [0.3, 0.4) is 0 Å². The number of hydrogen-bond donors (Lipinski definition) is 0. The van der Waals surface area contributed by atoms with E-state index in [-0.39, 0.29) is 0 Å². The SMILES string of the molecule is O=Cc1ccc(-c2c(C=O)c(-c3ccccc3)nn2-c2ccccc2)cc1. The van der Waals surface area contributed by atoms with Crippen LogP contribution in [0, 0.1) is 0 Å². The molecule has 0 aliphatic rings. The Morgan fingerprint density at radius 3 is 1.89 bits per heavy atom. The van der Waals surface area contributed by atoms with Crippen LogP contribution in [-0.2, 0) is 0 Å². The molecule has 0 fully saturated rings. The molecule has 0 unspecified atom stereocenters. The summed E-state index contributed by atoms with van der Waals surface area (Å²) in [6.07, 6.45) is 1.64. The summed E-state index contributed by atoms with van der Waals surface area (Å²) < 4.78 is 1.78. The van der Waals surface area contributed by atoms with Crippen LogP contribution < -0.4 is 0 Å². The fraction of sp³-hybridized carbons (Fsp3) is 0. The van der Waals surface area contributed by atoms with E-state index in [2.05, 4.69) is 0 Å². The normalized spacial score (nSPS) is 10.5. The molecule has 4 rings (SSSR count). The maximum atomic E-state index is 12.1. The molecule has 0 atom stereocenters. The molecule has 4 heteroatoms. The van der Waals surface area contributed by atoms with Gasteiger partial charge >= 0.3 is 0 Å². The highest BCUT2D eigenvalue weighted by Crippen LogP contribution is 2.33. The second-order valence-corrected chi connectivity index (χ2v) is 6.08. The van der Waals surface area contributed by atoms with Crippen LogP contribution in [0.25, 0.3) is 28.2 Å². The lowest BCUT2D eigenvalue weighted by Gasteiger charge is -2.08. The first-order valence-electron chi connectivity index (χ1n) is 8.56. The van der Waals surface area contributed by atoms with E-state index < -0.39 is 0 Å². The molecule has 0 N–H and O–H groups in total. The number of benzene rings is 3. The Bertz CT molecular complexity index is 1080. The predicted molar refractivity (Wildman–Crippen MR) is 105 cm³/mol. The van der Waals surface area contributed by atoms with Crippen molar-refractivity contribution in [2.75, 3.05) is 0 Å². The summed E-state index contributed by atoms with van der Waals surface area (Å²) in [6.45, 7) is 0. The van der Waals surface area contributed by atoms with Gasteiger partial charge in [-0.2, -0.15) is 5.10 Å². The van der Waals surface area contributed by atoms with Crippen molar-refractivity contribution in [1.82, 2.24) is 9.78 Å². The molecule has 1 aromatic heterocycles. The van der Waals surface area contributed by atoms with Gasteiger partial charge in [-0.15, -0.1) is 0 Å². The summed E-state index contributed by atoms with van der Waals surface area (Å²) in [7, 11) is 0. The van der Waals surface area contributed by atoms with E-state index in [1.165, 1.54) is 0 Å². The molecule has 0 aliphatic heterocycles. The molecule has 0 radical (unpaired) electrons. The minimum absolute atomic E-state index is 0.518. The van der Waals surface area contributed by atoms with Crippen molar-refractivity contribution >= 4 is 12.6 Å². The summed E-state index contributed by atoms with van der Waals surface area (Å²) >= 11 is 0. The lowest BCUT2D eigenvalue weighted by atomic mass is 10.0. The second-order valence-electron chi connectivity index (χ2n) is 6.08. The van der Waals surface area contributed by atoms with E-state index in [0.717, 1.165) is 29.4 Å². The molecule has 0 bridgehead atoms. The van der Waals surface area contributed by atoms with E-state index in [1.807, 2.05) is 72.8 Å². The summed E-state index contributed by atoms with van der Waals surface area (Å²) in [4.78, 5) is 23.0. The topological polar surface area (TPSA) is 52.0 Å². The molecular weight excluding hydrogens is 336 g/mol. The van der Waals surface area contributed by atoms with Gasteiger partial charge in [0, 0.05) is 16.7 Å². The summed E-state index contributed by atoms with van der Waals surface area (Å²) in [5.41, 5.74) is 4.99. The Morgan fingerprint density at radius 2 is 1.30 bits per heavy atom. The number of nitrogens with zero attached hydrogens (tertiary/aromatic N) is 2. The monoisotopic (exact) mass is 352 g/mol. The first-order valence-corrected chi connectivity index (χ1v) is 8.56. The third-order valence-electron chi connectivity index (χ3n) is 4.41. The molecule has 4 aromatic rings. The van der Waals surface area contributed by atoms with Crippen LogP contribution in [0.5, 0.6) is 0 Å². The molecule has 3 aromatic carbocycles. The van der Waals surface area contributed by atoms with Gasteiger partial charge in [0.15, 0.2) is 6.29 Å². The maximum absolute atomic E-state index is 12.1. The third-order valence-corrected chi connectivity index (χ3v) is 4.41. The van der Waals surface area contributed by atoms with Crippen molar-refractivity contribution in [3.8, 4) is 28.2 Å². The van der Waals surface area contributed by atoms with Crippen LogP contribution in [0.4, 0.5) is 0 Å². The van der Waals surface area contributed by atoms with Crippen molar-refractivity contribution < 1.29 is 9.59 Å². The average molecular weight is 352 g/mol. The van der Waals surface area contributed by atoms with Gasteiger partial charge in [0.2, 0.25) is 0 Å². The highest BCUT2D eigenvalue weighted by Gasteiger charge is 2.21. The first kappa shape index (κ1) is 16.7. The second kappa shape index (κ2) is 7.22. The van der Waals surface area contributed by atoms with Gasteiger partial charge in [-0.25, -0.2) is 4.68 Å².